The van der Waals surface area contributed by atoms with E-state index in [0.717, 1.165) is 25.0 Å². The van der Waals surface area contributed by atoms with Crippen molar-refractivity contribution in [3.8, 4) is 11.8 Å². The summed E-state index contributed by atoms with van der Waals surface area (Å²) in [6, 6.07) is 11.8. The van der Waals surface area contributed by atoms with Crippen molar-refractivity contribution in [1.82, 2.24) is 0 Å². The van der Waals surface area contributed by atoms with Gasteiger partial charge in [0.05, 0.1) is 25.3 Å². The number of nitrogens with zero attached hydrogens (tertiary/aromatic N) is 2. The number of pyridine rings is 2. The molecule has 0 aliphatic carbocycles. The van der Waals surface area contributed by atoms with Crippen LogP contribution >= 0.6 is 0 Å². The minimum absolute atomic E-state index is 0.720. The number of aromatic nitrogens is 2. The normalized spacial score (nSPS) is 8.96. The maximum Gasteiger partial charge on any atom is 0.367 e. The molecule has 0 bridgehead atoms. The summed E-state index contributed by atoms with van der Waals surface area (Å²) in [4.78, 5) is 0. The van der Waals surface area contributed by atoms with Crippen molar-refractivity contribution >= 4 is 7.40 Å². The predicted molar refractivity (Wildman–Crippen MR) is 84.4 cm³/mol. The molecule has 0 aromatic carbocycles. The highest BCUT2D eigenvalue weighted by molar-refractivity contribution is 6.27. The van der Waals surface area contributed by atoms with Crippen LogP contribution in [0.15, 0.2) is 48.8 Å². The van der Waals surface area contributed by atoms with E-state index < -0.39 is 7.40 Å². The Balaban J connectivity index is 0.000000363. The van der Waals surface area contributed by atoms with E-state index in [2.05, 4.69) is 0 Å². The number of hydrogen-bond acceptors (Lipinski definition) is 4. The van der Waals surface area contributed by atoms with Crippen molar-refractivity contribution in [3.63, 3.8) is 0 Å². The van der Waals surface area contributed by atoms with Gasteiger partial charge < -0.3 is 23.8 Å². The highest BCUT2D eigenvalue weighted by Crippen LogP contribution is 1.99. The van der Waals surface area contributed by atoms with Gasteiger partial charge in [0.2, 0.25) is 0 Å². The fourth-order valence-corrected chi connectivity index (χ4v) is 1.61. The third-order valence-electron chi connectivity index (χ3n) is 2.60. The number of hydrogen-bond donors (Lipinski definition) is 0. The molecule has 0 amide bonds. The molecule has 2 heterocycles. The zero-order valence-electron chi connectivity index (χ0n) is 14.5. The Morgan fingerprint density at radius 3 is 1.46 bits per heavy atom. The molecule has 0 atom stereocenters. The maximum absolute atomic E-state index is 9.89. The first-order valence-electron chi connectivity index (χ1n) is 7.52. The van der Waals surface area contributed by atoms with Crippen LogP contribution in [-0.4, -0.2) is 20.6 Å². The van der Waals surface area contributed by atoms with Crippen LogP contribution in [0.5, 0.6) is 11.8 Å². The molecule has 6 nitrogen and oxygen atoms in total. The smallest absolute Gasteiger partial charge is 0.367 e. The molecule has 24 heavy (non-hydrogen) atoms. The van der Waals surface area contributed by atoms with Crippen molar-refractivity contribution < 1.29 is 33.0 Å². The van der Waals surface area contributed by atoms with E-state index >= 15 is 0 Å². The standard InChI is InChI=1S/2C8H12NO.BFO2/c2*1-3-10-8-6-4-5-7-9(8)2;2-1(3)4/h2*4-7H,3H2,1-2H3;/q2*+1;-2. The molecule has 0 spiro atoms. The molecule has 0 unspecified atom stereocenters. The topological polar surface area (TPSA) is 72.3 Å². The van der Waals surface area contributed by atoms with E-state index in [1.807, 2.05) is 85.9 Å². The summed E-state index contributed by atoms with van der Waals surface area (Å²) >= 11 is 0. The molecule has 0 aliphatic rings. The Hall–Kier alpha value is -2.19. The predicted octanol–water partition coefficient (Wildman–Crippen LogP) is -0.519. The van der Waals surface area contributed by atoms with Gasteiger partial charge in [-0.1, -0.05) is 0 Å². The highest BCUT2D eigenvalue weighted by Gasteiger charge is 2.02. The molecular formula is C16H24BFN2O4. The van der Waals surface area contributed by atoms with Crippen LogP contribution in [0.3, 0.4) is 0 Å². The quantitative estimate of drug-likeness (QED) is 0.556. The van der Waals surface area contributed by atoms with Crippen LogP contribution in [-0.2, 0) is 14.1 Å². The van der Waals surface area contributed by atoms with Gasteiger partial charge in [0.1, 0.15) is 21.5 Å². The molecule has 0 fully saturated rings. The van der Waals surface area contributed by atoms with E-state index in [-0.39, 0.29) is 0 Å². The van der Waals surface area contributed by atoms with Gasteiger partial charge in [-0.05, 0) is 26.0 Å². The third kappa shape index (κ3) is 10.5. The minimum atomic E-state index is -3.17. The summed E-state index contributed by atoms with van der Waals surface area (Å²) in [6.45, 7) is 5.40. The van der Waals surface area contributed by atoms with Crippen molar-refractivity contribution in [2.24, 2.45) is 14.1 Å². The lowest BCUT2D eigenvalue weighted by molar-refractivity contribution is -0.677. The van der Waals surface area contributed by atoms with Gasteiger partial charge in [-0.3, -0.25) is 0 Å². The fourth-order valence-electron chi connectivity index (χ4n) is 1.61. The number of rotatable bonds is 4. The van der Waals surface area contributed by atoms with Gasteiger partial charge in [-0.2, -0.15) is 9.13 Å². The molecular weight excluding hydrogens is 314 g/mol. The Kier molecular flexibility index (Phi) is 12.1. The van der Waals surface area contributed by atoms with Crippen LogP contribution in [0.4, 0.5) is 4.32 Å². The molecule has 0 saturated carbocycles. The van der Waals surface area contributed by atoms with E-state index in [0.29, 0.717) is 0 Å². The van der Waals surface area contributed by atoms with Crippen molar-refractivity contribution in [2.45, 2.75) is 13.8 Å². The minimum Gasteiger partial charge on any atom is -0.867 e. The lowest BCUT2D eigenvalue weighted by atomic mass is 10.3. The van der Waals surface area contributed by atoms with E-state index in [4.69, 9.17) is 19.5 Å². The molecule has 2 aromatic heterocycles. The average molecular weight is 338 g/mol. The summed E-state index contributed by atoms with van der Waals surface area (Å²) in [5, 5.41) is 16.6. The fraction of sp³-hybridized carbons (Fsp3) is 0.375. The lowest BCUT2D eigenvalue weighted by Crippen LogP contribution is -2.39. The van der Waals surface area contributed by atoms with E-state index in [1.165, 1.54) is 0 Å². The SMILES string of the molecule is CCOc1cccc[n+]1C.CCOc1cccc[n+]1C.[O-]B([O-])F. The Labute approximate surface area is 142 Å². The second-order valence-electron chi connectivity index (χ2n) is 4.44. The molecule has 2 rings (SSSR count). The first-order valence-corrected chi connectivity index (χ1v) is 7.52. The Morgan fingerprint density at radius 2 is 1.21 bits per heavy atom. The molecule has 0 N–H and O–H groups in total. The molecule has 0 aliphatic heterocycles. The molecule has 132 valence electrons. The maximum atomic E-state index is 9.89. The summed E-state index contributed by atoms with van der Waals surface area (Å²) in [5.74, 6) is 1.81. The van der Waals surface area contributed by atoms with Crippen LogP contribution in [0.2, 0.25) is 0 Å². The van der Waals surface area contributed by atoms with Gasteiger partial charge in [0.15, 0.2) is 12.4 Å². The first-order chi connectivity index (χ1) is 11.4. The lowest BCUT2D eigenvalue weighted by Gasteiger charge is -2.09. The summed E-state index contributed by atoms with van der Waals surface area (Å²) in [5.41, 5.74) is 0. The second-order valence-corrected chi connectivity index (χ2v) is 4.44. The van der Waals surface area contributed by atoms with Gasteiger partial charge >= 0.3 is 11.8 Å². The number of halogens is 1. The van der Waals surface area contributed by atoms with Crippen LogP contribution < -0.4 is 28.7 Å². The van der Waals surface area contributed by atoms with E-state index in [1.54, 1.807) is 0 Å². The molecule has 0 radical (unpaired) electrons. The number of aryl methyl sites for hydroxylation is 2. The highest BCUT2D eigenvalue weighted by atomic mass is 19.1. The summed E-state index contributed by atoms with van der Waals surface area (Å²) < 4.78 is 24.4. The van der Waals surface area contributed by atoms with Crippen LogP contribution in [0, 0.1) is 0 Å². The van der Waals surface area contributed by atoms with Crippen molar-refractivity contribution in [1.29, 1.82) is 0 Å². The van der Waals surface area contributed by atoms with E-state index in [9.17, 15) is 4.32 Å². The number of ether oxygens (including phenoxy) is 2. The first kappa shape index (κ1) is 21.8. The Bertz CT molecular complexity index is 523. The molecule has 8 heteroatoms. The van der Waals surface area contributed by atoms with Gasteiger partial charge in [-0.25, -0.2) is 0 Å². The average Bonchev–Trinajstić information content (AvgIpc) is 2.52. The largest absolute Gasteiger partial charge is 0.867 e. The van der Waals surface area contributed by atoms with Gasteiger partial charge in [0, 0.05) is 12.1 Å². The second kappa shape index (κ2) is 13.3. The molecule has 0 saturated heterocycles. The van der Waals surface area contributed by atoms with Crippen LogP contribution in [0.25, 0.3) is 0 Å². The van der Waals surface area contributed by atoms with Crippen LogP contribution in [0.1, 0.15) is 13.8 Å². The summed E-state index contributed by atoms with van der Waals surface area (Å²) in [6.07, 6.45) is 3.93. The van der Waals surface area contributed by atoms with Gasteiger partial charge in [-0.15, -0.1) is 0 Å². The third-order valence-corrected chi connectivity index (χ3v) is 2.60. The Morgan fingerprint density at radius 1 is 0.875 bits per heavy atom. The van der Waals surface area contributed by atoms with Crippen molar-refractivity contribution in [3.05, 3.63) is 48.8 Å². The zero-order chi connectivity index (χ0) is 18.4. The zero-order valence-corrected chi connectivity index (χ0v) is 14.5. The monoisotopic (exact) mass is 338 g/mol. The van der Waals surface area contributed by atoms with Crippen molar-refractivity contribution in [2.75, 3.05) is 13.2 Å². The van der Waals surface area contributed by atoms with Gasteiger partial charge in [0.25, 0.3) is 0 Å². The molecule has 2 aromatic rings. The summed E-state index contributed by atoms with van der Waals surface area (Å²) in [7, 11) is 0.760.